The largest absolute Gasteiger partial charge is 0.345 e. The number of benzene rings is 2. The van der Waals surface area contributed by atoms with Crippen molar-refractivity contribution in [3.63, 3.8) is 0 Å². The number of rotatable bonds is 4. The Morgan fingerprint density at radius 2 is 1.85 bits per heavy atom. The van der Waals surface area contributed by atoms with E-state index in [2.05, 4.69) is 57.7 Å². The fourth-order valence-corrected chi connectivity index (χ4v) is 2.48. The Morgan fingerprint density at radius 1 is 1.05 bits per heavy atom. The number of hydrogen-bond acceptors (Lipinski definition) is 2. The normalized spacial score (nSPS) is 14.8. The Balaban J connectivity index is 1.57. The average molecular weight is 263 g/mol. The molecular formula is C17H17N3. The topological polar surface area (TPSA) is 40.7 Å². The number of aromatic amines is 1. The first-order valence-corrected chi connectivity index (χ1v) is 7.14. The summed E-state index contributed by atoms with van der Waals surface area (Å²) in [6.07, 6.45) is 4.41. The molecule has 1 aliphatic carbocycles. The monoisotopic (exact) mass is 263 g/mol. The maximum absolute atomic E-state index is 4.25. The van der Waals surface area contributed by atoms with Gasteiger partial charge in [0.25, 0.3) is 0 Å². The van der Waals surface area contributed by atoms with Crippen molar-refractivity contribution < 1.29 is 0 Å². The van der Waals surface area contributed by atoms with E-state index in [1.807, 2.05) is 0 Å². The smallest absolute Gasteiger partial charge is 0.0931 e. The van der Waals surface area contributed by atoms with Crippen molar-refractivity contribution >= 4 is 11.0 Å². The van der Waals surface area contributed by atoms with Crippen LogP contribution in [-0.4, -0.2) is 16.0 Å². The lowest BCUT2D eigenvalue weighted by molar-refractivity contribution is 0.688. The summed E-state index contributed by atoms with van der Waals surface area (Å²) < 4.78 is 0. The molecule has 2 aromatic carbocycles. The predicted octanol–water partition coefficient (Wildman–Crippen LogP) is 3.48. The molecule has 0 amide bonds. The molecule has 3 aromatic rings. The van der Waals surface area contributed by atoms with Gasteiger partial charge in [-0.05, 0) is 41.7 Å². The molecule has 4 rings (SSSR count). The number of hydrogen-bond donors (Lipinski definition) is 2. The second kappa shape index (κ2) is 4.76. The molecule has 1 aliphatic rings. The van der Waals surface area contributed by atoms with E-state index in [0.717, 1.165) is 23.6 Å². The van der Waals surface area contributed by atoms with E-state index < -0.39 is 0 Å². The van der Waals surface area contributed by atoms with Crippen LogP contribution < -0.4 is 5.32 Å². The minimum absolute atomic E-state index is 0.762. The lowest BCUT2D eigenvalue weighted by Gasteiger charge is -2.06. The van der Waals surface area contributed by atoms with Crippen LogP contribution in [0.4, 0.5) is 0 Å². The Morgan fingerprint density at radius 3 is 2.65 bits per heavy atom. The quantitative estimate of drug-likeness (QED) is 0.756. The summed E-state index contributed by atoms with van der Waals surface area (Å²) in [6, 6.07) is 15.9. The standard InChI is InChI=1S/C17H17N3/c1-3-13(4-2-12(1)10-18-15-6-7-15)14-5-8-16-17(9-14)20-11-19-16/h1-5,8-9,11,15,18H,6-7,10H2,(H,19,20). The molecule has 0 spiro atoms. The summed E-state index contributed by atoms with van der Waals surface area (Å²) in [6.45, 7) is 0.977. The van der Waals surface area contributed by atoms with Crippen molar-refractivity contribution in [1.29, 1.82) is 0 Å². The molecular weight excluding hydrogens is 246 g/mol. The molecule has 0 radical (unpaired) electrons. The zero-order valence-electron chi connectivity index (χ0n) is 11.3. The van der Waals surface area contributed by atoms with Crippen molar-refractivity contribution in [2.45, 2.75) is 25.4 Å². The maximum Gasteiger partial charge on any atom is 0.0931 e. The molecule has 1 fully saturated rings. The minimum atomic E-state index is 0.762. The van der Waals surface area contributed by atoms with E-state index in [9.17, 15) is 0 Å². The molecule has 0 saturated heterocycles. The van der Waals surface area contributed by atoms with Crippen LogP contribution in [0, 0.1) is 0 Å². The molecule has 3 heteroatoms. The highest BCUT2D eigenvalue weighted by Gasteiger charge is 2.19. The summed E-state index contributed by atoms with van der Waals surface area (Å²) >= 11 is 0. The van der Waals surface area contributed by atoms with Gasteiger partial charge in [0.15, 0.2) is 0 Å². The van der Waals surface area contributed by atoms with E-state index in [0.29, 0.717) is 0 Å². The van der Waals surface area contributed by atoms with Crippen LogP contribution in [0.5, 0.6) is 0 Å². The van der Waals surface area contributed by atoms with Gasteiger partial charge in [-0.2, -0.15) is 0 Å². The second-order valence-electron chi connectivity index (χ2n) is 5.49. The zero-order chi connectivity index (χ0) is 13.4. The number of imidazole rings is 1. The fraction of sp³-hybridized carbons (Fsp3) is 0.235. The van der Waals surface area contributed by atoms with Gasteiger partial charge in [0.05, 0.1) is 17.4 Å². The summed E-state index contributed by atoms with van der Waals surface area (Å²) in [5, 5.41) is 3.54. The van der Waals surface area contributed by atoms with Gasteiger partial charge in [0.2, 0.25) is 0 Å². The predicted molar refractivity (Wildman–Crippen MR) is 81.4 cm³/mol. The van der Waals surface area contributed by atoms with Crippen LogP contribution in [-0.2, 0) is 6.54 Å². The van der Waals surface area contributed by atoms with Crippen molar-refractivity contribution in [1.82, 2.24) is 15.3 Å². The van der Waals surface area contributed by atoms with E-state index in [1.165, 1.54) is 29.5 Å². The third kappa shape index (κ3) is 2.32. The van der Waals surface area contributed by atoms with Crippen LogP contribution in [0.2, 0.25) is 0 Å². The van der Waals surface area contributed by atoms with Crippen LogP contribution in [0.25, 0.3) is 22.2 Å². The number of nitrogens with zero attached hydrogens (tertiary/aromatic N) is 1. The summed E-state index contributed by atoms with van der Waals surface area (Å²) in [4.78, 5) is 7.41. The number of fused-ring (bicyclic) bond motifs is 1. The van der Waals surface area contributed by atoms with Crippen molar-refractivity contribution in [2.75, 3.05) is 0 Å². The zero-order valence-corrected chi connectivity index (χ0v) is 11.3. The Bertz CT molecular complexity index is 723. The third-order valence-corrected chi connectivity index (χ3v) is 3.88. The van der Waals surface area contributed by atoms with Gasteiger partial charge in [-0.1, -0.05) is 30.3 Å². The average Bonchev–Trinajstić information content (AvgIpc) is 3.21. The highest BCUT2D eigenvalue weighted by Crippen LogP contribution is 2.24. The molecule has 0 atom stereocenters. The van der Waals surface area contributed by atoms with Gasteiger partial charge in [-0.25, -0.2) is 4.98 Å². The van der Waals surface area contributed by atoms with Crippen molar-refractivity contribution in [2.24, 2.45) is 0 Å². The van der Waals surface area contributed by atoms with Gasteiger partial charge in [0, 0.05) is 12.6 Å². The lowest BCUT2D eigenvalue weighted by atomic mass is 10.0. The molecule has 0 aliphatic heterocycles. The first kappa shape index (κ1) is 11.7. The molecule has 1 aromatic heterocycles. The van der Waals surface area contributed by atoms with E-state index >= 15 is 0 Å². The van der Waals surface area contributed by atoms with Crippen LogP contribution in [0.1, 0.15) is 18.4 Å². The second-order valence-corrected chi connectivity index (χ2v) is 5.49. The SMILES string of the molecule is c1nc2ccc(-c3ccc(CNC4CC4)cc3)cc2[nH]1. The molecule has 1 saturated carbocycles. The molecule has 2 N–H and O–H groups in total. The van der Waals surface area contributed by atoms with Crippen LogP contribution in [0.15, 0.2) is 48.8 Å². The molecule has 20 heavy (non-hydrogen) atoms. The molecule has 3 nitrogen and oxygen atoms in total. The fourth-order valence-electron chi connectivity index (χ4n) is 2.48. The lowest BCUT2D eigenvalue weighted by Crippen LogP contribution is -2.14. The Kier molecular flexibility index (Phi) is 2.78. The Hall–Kier alpha value is -2.13. The van der Waals surface area contributed by atoms with Crippen LogP contribution in [0.3, 0.4) is 0 Å². The van der Waals surface area contributed by atoms with Gasteiger partial charge in [-0.15, -0.1) is 0 Å². The molecule has 0 bridgehead atoms. The van der Waals surface area contributed by atoms with E-state index in [4.69, 9.17) is 0 Å². The minimum Gasteiger partial charge on any atom is -0.345 e. The van der Waals surface area contributed by atoms with Gasteiger partial charge in [-0.3, -0.25) is 0 Å². The highest BCUT2D eigenvalue weighted by molar-refractivity contribution is 5.81. The van der Waals surface area contributed by atoms with Crippen molar-refractivity contribution in [3.05, 3.63) is 54.4 Å². The number of H-pyrrole nitrogens is 1. The molecule has 100 valence electrons. The maximum atomic E-state index is 4.25. The molecule has 1 heterocycles. The van der Waals surface area contributed by atoms with Gasteiger partial charge < -0.3 is 10.3 Å². The summed E-state index contributed by atoms with van der Waals surface area (Å²) in [5.74, 6) is 0. The summed E-state index contributed by atoms with van der Waals surface area (Å²) in [7, 11) is 0. The summed E-state index contributed by atoms with van der Waals surface area (Å²) in [5.41, 5.74) is 5.92. The van der Waals surface area contributed by atoms with E-state index in [1.54, 1.807) is 6.33 Å². The number of nitrogens with one attached hydrogen (secondary N) is 2. The van der Waals surface area contributed by atoms with Gasteiger partial charge in [0.1, 0.15) is 0 Å². The highest BCUT2D eigenvalue weighted by atomic mass is 14.9. The molecule has 0 unspecified atom stereocenters. The van der Waals surface area contributed by atoms with Gasteiger partial charge >= 0.3 is 0 Å². The van der Waals surface area contributed by atoms with E-state index in [-0.39, 0.29) is 0 Å². The first-order chi connectivity index (χ1) is 9.88. The van der Waals surface area contributed by atoms with Crippen LogP contribution >= 0.6 is 0 Å². The first-order valence-electron chi connectivity index (χ1n) is 7.14. The van der Waals surface area contributed by atoms with Crippen molar-refractivity contribution in [3.8, 4) is 11.1 Å². The Labute approximate surface area is 118 Å². The third-order valence-electron chi connectivity index (χ3n) is 3.88. The number of aromatic nitrogens is 2.